The van der Waals surface area contributed by atoms with E-state index in [4.69, 9.17) is 28.4 Å². The second-order valence-electron chi connectivity index (χ2n) is 15.5. The van der Waals surface area contributed by atoms with Gasteiger partial charge in [-0.2, -0.15) is 0 Å². The lowest BCUT2D eigenvalue weighted by molar-refractivity contribution is 0.378. The van der Waals surface area contributed by atoms with Gasteiger partial charge in [0.05, 0.1) is 57.3 Å². The fourth-order valence-corrected chi connectivity index (χ4v) is 10.1. The number of thioether (sulfide) groups is 3. The Morgan fingerprint density at radius 1 is 0.532 bits per heavy atom. The number of ether oxygens (including phenoxy) is 6. The molecule has 0 radical (unpaired) electrons. The number of piperidine rings is 2. The number of hydrogen-bond acceptors (Lipinski definition) is 12. The molecule has 2 atom stereocenters. The first kappa shape index (κ1) is 55.3. The smallest absolute Gasteiger partial charge is 0.133 e. The van der Waals surface area contributed by atoms with E-state index in [0.717, 1.165) is 86.5 Å². The predicted molar refractivity (Wildman–Crippen MR) is 269 cm³/mol. The summed E-state index contributed by atoms with van der Waals surface area (Å²) in [5.41, 5.74) is 4.55. The van der Waals surface area contributed by atoms with Gasteiger partial charge < -0.3 is 39.1 Å². The molecule has 2 aliphatic rings. The summed E-state index contributed by atoms with van der Waals surface area (Å²) < 4.78 is 33.4. The van der Waals surface area contributed by atoms with Gasteiger partial charge in [-0.15, -0.1) is 60.1 Å². The zero-order valence-electron chi connectivity index (χ0n) is 38.8. The van der Waals surface area contributed by atoms with Gasteiger partial charge >= 0.3 is 0 Å². The van der Waals surface area contributed by atoms with Crippen LogP contribution in [0.2, 0.25) is 0 Å². The number of methoxy groups -OCH3 is 6. The van der Waals surface area contributed by atoms with Crippen LogP contribution < -0.4 is 39.1 Å². The summed E-state index contributed by atoms with van der Waals surface area (Å²) in [5.74, 6) is 6.64. The number of rotatable bonds is 15. The van der Waals surface area contributed by atoms with Crippen molar-refractivity contribution in [3.05, 3.63) is 72.1 Å². The maximum Gasteiger partial charge on any atom is 0.133 e. The summed E-state index contributed by atoms with van der Waals surface area (Å²) in [6, 6.07) is 16.6. The Balaban J connectivity index is 0.000000315. The normalized spacial score (nSPS) is 15.8. The molecular formula is C48H71Cl2N3O6S3. The van der Waals surface area contributed by atoms with Gasteiger partial charge in [-0.1, -0.05) is 47.6 Å². The summed E-state index contributed by atoms with van der Waals surface area (Å²) in [6.45, 7) is 17.4. The van der Waals surface area contributed by atoms with Crippen LogP contribution in [0.4, 0.5) is 0 Å². The van der Waals surface area contributed by atoms with E-state index in [1.54, 1.807) is 60.6 Å². The Kier molecular flexibility index (Phi) is 25.7. The second-order valence-corrected chi connectivity index (χ2v) is 20.4. The number of aromatic nitrogens is 1. The summed E-state index contributed by atoms with van der Waals surface area (Å²) in [4.78, 5) is 7.57. The molecule has 14 heteroatoms. The Morgan fingerprint density at radius 3 is 1.24 bits per heavy atom. The Hall–Kier alpha value is -2.84. The monoisotopic (exact) mass is 951 g/mol. The van der Waals surface area contributed by atoms with Crippen molar-refractivity contribution in [1.29, 1.82) is 0 Å². The van der Waals surface area contributed by atoms with Crippen molar-refractivity contribution in [3.63, 3.8) is 0 Å². The average molecular weight is 953 g/mol. The topological polar surface area (TPSA) is 92.3 Å². The van der Waals surface area contributed by atoms with Gasteiger partial charge in [-0.3, -0.25) is 4.98 Å². The molecule has 4 aromatic rings. The largest absolute Gasteiger partial charge is 0.496 e. The molecule has 2 N–H and O–H groups in total. The van der Waals surface area contributed by atoms with E-state index in [0.29, 0.717) is 27.6 Å². The van der Waals surface area contributed by atoms with E-state index in [-0.39, 0.29) is 24.8 Å². The van der Waals surface area contributed by atoms with E-state index in [1.165, 1.54) is 36.8 Å². The first-order chi connectivity index (χ1) is 29.0. The molecule has 346 valence electrons. The number of benzene rings is 3. The molecule has 0 saturated carbocycles. The third-order valence-electron chi connectivity index (χ3n) is 10.1. The minimum absolute atomic E-state index is 0. The number of nitrogens with zero attached hydrogens (tertiary/aromatic N) is 1. The molecular weight excluding hydrogens is 882 g/mol. The minimum atomic E-state index is 0. The third-order valence-corrected chi connectivity index (χ3v) is 13.2. The first-order valence-electron chi connectivity index (χ1n) is 21.1. The summed E-state index contributed by atoms with van der Waals surface area (Å²) >= 11 is 5.39. The molecule has 2 aliphatic heterocycles. The van der Waals surface area contributed by atoms with E-state index in [1.807, 2.05) is 54.0 Å². The molecule has 3 aromatic carbocycles. The van der Waals surface area contributed by atoms with E-state index in [9.17, 15) is 0 Å². The number of pyridine rings is 1. The minimum Gasteiger partial charge on any atom is -0.496 e. The van der Waals surface area contributed by atoms with Gasteiger partial charge in [0.2, 0.25) is 0 Å². The van der Waals surface area contributed by atoms with Crippen molar-refractivity contribution in [2.24, 2.45) is 0 Å². The van der Waals surface area contributed by atoms with Gasteiger partial charge in [-0.25, -0.2) is 0 Å². The highest BCUT2D eigenvalue weighted by Gasteiger charge is 2.23. The summed E-state index contributed by atoms with van der Waals surface area (Å²) in [6.07, 6.45) is 8.45. The standard InChI is InChI=1S/2C16H25NO2S.C16H19NO2S.2ClH/c3*1-11(2)20-16-9-14(18-3)13(8-15(16)19-4)12-6-5-7-17-10-12;;/h2*8-9,11-12,17H,5-7,10H2,1-4H3;5-11H,1-4H3;2*1H/t2*12-;;;/m10.../s1. The van der Waals surface area contributed by atoms with Crippen LogP contribution in [-0.4, -0.2) is 89.6 Å². The molecule has 3 heterocycles. The number of hydrogen-bond donors (Lipinski definition) is 2. The predicted octanol–water partition coefficient (Wildman–Crippen LogP) is 12.5. The van der Waals surface area contributed by atoms with Crippen LogP contribution in [0.25, 0.3) is 11.1 Å². The van der Waals surface area contributed by atoms with E-state index < -0.39 is 0 Å². The van der Waals surface area contributed by atoms with Crippen molar-refractivity contribution in [2.75, 3.05) is 68.8 Å². The average Bonchev–Trinajstić information content (AvgIpc) is 3.26. The molecule has 9 nitrogen and oxygen atoms in total. The van der Waals surface area contributed by atoms with Gasteiger partial charge in [-0.05, 0) is 81.2 Å². The van der Waals surface area contributed by atoms with Crippen molar-refractivity contribution in [2.45, 2.75) is 109 Å². The van der Waals surface area contributed by atoms with Crippen LogP contribution in [0.3, 0.4) is 0 Å². The Bertz CT molecular complexity index is 1810. The fraction of sp³-hybridized carbons (Fsp3) is 0.521. The SMILES string of the molecule is COc1cc(-c2cccnc2)c(OC)cc1SC(C)C.COc1cc([C@@H]2CCCNC2)c(OC)cc1SC(C)C.COc1cc([C@H]2CCCNC2)c(OC)cc1SC(C)C.Cl.Cl. The molecule has 0 bridgehead atoms. The highest BCUT2D eigenvalue weighted by atomic mass is 35.5. The summed E-state index contributed by atoms with van der Waals surface area (Å²) in [5, 5.41) is 8.47. The van der Waals surface area contributed by atoms with Crippen molar-refractivity contribution < 1.29 is 28.4 Å². The van der Waals surface area contributed by atoms with Crippen molar-refractivity contribution in [3.8, 4) is 45.6 Å². The van der Waals surface area contributed by atoms with Gasteiger partial charge in [0, 0.05) is 75.3 Å². The van der Waals surface area contributed by atoms with Crippen LogP contribution in [0.1, 0.15) is 90.2 Å². The molecule has 0 amide bonds. The van der Waals surface area contributed by atoms with E-state index in [2.05, 4.69) is 81.4 Å². The first-order valence-corrected chi connectivity index (χ1v) is 23.7. The van der Waals surface area contributed by atoms with Crippen LogP contribution in [-0.2, 0) is 0 Å². The molecule has 2 saturated heterocycles. The maximum absolute atomic E-state index is 5.62. The van der Waals surface area contributed by atoms with Crippen LogP contribution in [0.15, 0.2) is 75.6 Å². The second kappa shape index (κ2) is 28.8. The molecule has 1 aromatic heterocycles. The molecule has 0 aliphatic carbocycles. The van der Waals surface area contributed by atoms with Crippen molar-refractivity contribution in [1.82, 2.24) is 15.6 Å². The number of halogens is 2. The lowest BCUT2D eigenvalue weighted by Gasteiger charge is -2.26. The van der Waals surface area contributed by atoms with Gasteiger partial charge in [0.1, 0.15) is 34.5 Å². The zero-order valence-corrected chi connectivity index (χ0v) is 42.8. The Morgan fingerprint density at radius 2 is 0.919 bits per heavy atom. The molecule has 0 unspecified atom stereocenters. The van der Waals surface area contributed by atoms with Crippen LogP contribution >= 0.6 is 60.1 Å². The van der Waals surface area contributed by atoms with E-state index >= 15 is 0 Å². The highest BCUT2D eigenvalue weighted by Crippen LogP contribution is 2.44. The zero-order chi connectivity index (χ0) is 43.6. The van der Waals surface area contributed by atoms with Crippen LogP contribution in [0, 0.1) is 0 Å². The lowest BCUT2D eigenvalue weighted by Crippen LogP contribution is -2.28. The van der Waals surface area contributed by atoms with Crippen molar-refractivity contribution >= 4 is 60.1 Å². The molecule has 6 rings (SSSR count). The summed E-state index contributed by atoms with van der Waals surface area (Å²) in [7, 11) is 10.4. The van der Waals surface area contributed by atoms with Gasteiger partial charge in [0.25, 0.3) is 0 Å². The molecule has 62 heavy (non-hydrogen) atoms. The third kappa shape index (κ3) is 16.3. The number of nitrogens with one attached hydrogen (secondary N) is 2. The molecule has 2 fully saturated rings. The Labute approximate surface area is 397 Å². The highest BCUT2D eigenvalue weighted by molar-refractivity contribution is 8.00. The maximum atomic E-state index is 5.62. The van der Waals surface area contributed by atoms with Crippen LogP contribution in [0.5, 0.6) is 34.5 Å². The van der Waals surface area contributed by atoms with Gasteiger partial charge in [0.15, 0.2) is 0 Å². The fourth-order valence-electron chi connectivity index (χ4n) is 7.31. The lowest BCUT2D eigenvalue weighted by atomic mass is 9.91. The molecule has 0 spiro atoms. The quantitative estimate of drug-likeness (QED) is 0.111.